The smallest absolute Gasteiger partial charge is 0.133 e. The lowest BCUT2D eigenvalue weighted by Crippen LogP contribution is -2.33. The van der Waals surface area contributed by atoms with E-state index in [4.69, 9.17) is 0 Å². The molecule has 106 valence electrons. The summed E-state index contributed by atoms with van der Waals surface area (Å²) in [4.78, 5) is 7.05. The van der Waals surface area contributed by atoms with Crippen molar-refractivity contribution in [1.29, 1.82) is 0 Å². The van der Waals surface area contributed by atoms with Gasteiger partial charge >= 0.3 is 0 Å². The van der Waals surface area contributed by atoms with E-state index < -0.39 is 0 Å². The highest BCUT2D eigenvalue weighted by molar-refractivity contribution is 9.10. The lowest BCUT2D eigenvalue weighted by atomic mass is 10.2. The molecule has 1 aromatic heterocycles. The molecule has 0 saturated heterocycles. The van der Waals surface area contributed by atoms with Gasteiger partial charge in [-0.3, -0.25) is 0 Å². The van der Waals surface area contributed by atoms with Crippen molar-refractivity contribution in [3.05, 3.63) is 22.3 Å². The lowest BCUT2D eigenvalue weighted by Gasteiger charge is -2.29. The number of nitrogens with zero attached hydrogens (tertiary/aromatic N) is 2. The number of halogens is 1. The highest BCUT2D eigenvalue weighted by atomic mass is 79.9. The zero-order valence-electron chi connectivity index (χ0n) is 12.1. The Morgan fingerprint density at radius 2 is 2.21 bits per heavy atom. The molecule has 1 N–H and O–H groups in total. The zero-order chi connectivity index (χ0) is 13.8. The van der Waals surface area contributed by atoms with Crippen molar-refractivity contribution in [2.24, 2.45) is 0 Å². The van der Waals surface area contributed by atoms with Crippen molar-refractivity contribution in [2.45, 2.75) is 58.7 Å². The summed E-state index contributed by atoms with van der Waals surface area (Å²) in [7, 11) is 0. The van der Waals surface area contributed by atoms with Crippen LogP contribution in [0.4, 0.5) is 5.82 Å². The molecule has 3 nitrogen and oxygen atoms in total. The largest absolute Gasteiger partial charge is 0.354 e. The first kappa shape index (κ1) is 14.8. The van der Waals surface area contributed by atoms with E-state index in [0.717, 1.165) is 35.8 Å². The van der Waals surface area contributed by atoms with Crippen LogP contribution in [0.3, 0.4) is 0 Å². The van der Waals surface area contributed by atoms with E-state index in [2.05, 4.69) is 58.0 Å². The predicted molar refractivity (Wildman–Crippen MR) is 84.6 cm³/mol. The van der Waals surface area contributed by atoms with Gasteiger partial charge in [0.15, 0.2) is 0 Å². The van der Waals surface area contributed by atoms with Crippen LogP contribution in [-0.4, -0.2) is 23.6 Å². The summed E-state index contributed by atoms with van der Waals surface area (Å²) in [5.74, 6) is 1.13. The Hall–Kier alpha value is -0.610. The third-order valence-corrected chi connectivity index (χ3v) is 3.86. The minimum Gasteiger partial charge on any atom is -0.354 e. The molecule has 0 aliphatic heterocycles. The standard InChI is InChI=1S/C15H24BrN3/c1-4-7-19(11(2)3)15-12(8-13(16)10-18-15)9-17-14-5-6-14/h8,10-11,14,17H,4-7,9H2,1-3H3. The van der Waals surface area contributed by atoms with E-state index in [1.54, 1.807) is 0 Å². The van der Waals surface area contributed by atoms with Gasteiger partial charge in [-0.1, -0.05) is 6.92 Å². The first-order valence-corrected chi connectivity index (χ1v) is 8.05. The van der Waals surface area contributed by atoms with Crippen molar-refractivity contribution in [2.75, 3.05) is 11.4 Å². The monoisotopic (exact) mass is 325 g/mol. The topological polar surface area (TPSA) is 28.2 Å². The molecule has 0 spiro atoms. The molecule has 0 radical (unpaired) electrons. The average Bonchev–Trinajstić information content (AvgIpc) is 3.18. The molecule has 0 amide bonds. The maximum Gasteiger partial charge on any atom is 0.133 e. The lowest BCUT2D eigenvalue weighted by molar-refractivity contribution is 0.642. The molecule has 0 bridgehead atoms. The maximum atomic E-state index is 4.66. The van der Waals surface area contributed by atoms with Crippen molar-refractivity contribution < 1.29 is 0 Å². The first-order valence-electron chi connectivity index (χ1n) is 7.26. The van der Waals surface area contributed by atoms with Gasteiger partial charge in [0.1, 0.15) is 5.82 Å². The quantitative estimate of drug-likeness (QED) is 0.828. The summed E-state index contributed by atoms with van der Waals surface area (Å²) in [6.45, 7) is 8.66. The molecule has 1 aromatic rings. The minimum atomic E-state index is 0.480. The molecule has 1 heterocycles. The summed E-state index contributed by atoms with van der Waals surface area (Å²) >= 11 is 3.54. The van der Waals surface area contributed by atoms with Crippen LogP contribution in [0.2, 0.25) is 0 Å². The van der Waals surface area contributed by atoms with Crippen LogP contribution >= 0.6 is 15.9 Å². The maximum absolute atomic E-state index is 4.66. The second kappa shape index (κ2) is 6.71. The number of nitrogens with one attached hydrogen (secondary N) is 1. The Morgan fingerprint density at radius 1 is 1.47 bits per heavy atom. The van der Waals surface area contributed by atoms with Crippen LogP contribution in [0.1, 0.15) is 45.6 Å². The molecule has 2 rings (SSSR count). The molecule has 0 atom stereocenters. The summed E-state index contributed by atoms with van der Waals surface area (Å²) < 4.78 is 1.06. The molecule has 0 unspecified atom stereocenters. The Bertz CT molecular complexity index is 416. The van der Waals surface area contributed by atoms with Gasteiger partial charge in [-0.25, -0.2) is 4.98 Å². The van der Waals surface area contributed by atoms with Gasteiger partial charge in [0.25, 0.3) is 0 Å². The number of hydrogen-bond acceptors (Lipinski definition) is 3. The van der Waals surface area contributed by atoms with E-state index in [1.807, 2.05) is 6.20 Å². The van der Waals surface area contributed by atoms with Crippen molar-refractivity contribution in [3.63, 3.8) is 0 Å². The van der Waals surface area contributed by atoms with E-state index in [1.165, 1.54) is 18.4 Å². The number of aromatic nitrogens is 1. The van der Waals surface area contributed by atoms with Gasteiger partial charge in [-0.2, -0.15) is 0 Å². The molecular weight excluding hydrogens is 302 g/mol. The predicted octanol–water partition coefficient (Wildman–Crippen LogP) is 3.72. The molecule has 0 aromatic carbocycles. The molecule has 1 aliphatic carbocycles. The number of pyridine rings is 1. The Morgan fingerprint density at radius 3 is 2.79 bits per heavy atom. The summed E-state index contributed by atoms with van der Waals surface area (Å²) in [5, 5.41) is 3.59. The Labute approximate surface area is 124 Å². The Balaban J connectivity index is 2.19. The molecule has 1 aliphatic rings. The van der Waals surface area contributed by atoms with E-state index in [0.29, 0.717) is 6.04 Å². The van der Waals surface area contributed by atoms with Gasteiger partial charge in [-0.05, 0) is 55.1 Å². The molecule has 19 heavy (non-hydrogen) atoms. The van der Waals surface area contributed by atoms with E-state index in [-0.39, 0.29) is 0 Å². The van der Waals surface area contributed by atoms with Crippen LogP contribution in [0.25, 0.3) is 0 Å². The fourth-order valence-corrected chi connectivity index (χ4v) is 2.63. The van der Waals surface area contributed by atoms with Gasteiger partial charge in [0.05, 0.1) is 0 Å². The summed E-state index contributed by atoms with van der Waals surface area (Å²) in [5.41, 5.74) is 1.29. The average molecular weight is 326 g/mol. The second-order valence-corrected chi connectivity index (χ2v) is 6.49. The van der Waals surface area contributed by atoms with Gasteiger partial charge in [0, 0.05) is 41.4 Å². The normalized spacial score (nSPS) is 15.0. The first-order chi connectivity index (χ1) is 9.11. The second-order valence-electron chi connectivity index (χ2n) is 5.58. The highest BCUT2D eigenvalue weighted by Gasteiger charge is 2.22. The number of anilines is 1. The fraction of sp³-hybridized carbons (Fsp3) is 0.667. The molecular formula is C15H24BrN3. The van der Waals surface area contributed by atoms with Crippen LogP contribution in [0.5, 0.6) is 0 Å². The van der Waals surface area contributed by atoms with Crippen molar-refractivity contribution in [3.8, 4) is 0 Å². The van der Waals surface area contributed by atoms with Gasteiger partial charge in [-0.15, -0.1) is 0 Å². The molecule has 1 fully saturated rings. The van der Waals surface area contributed by atoms with E-state index >= 15 is 0 Å². The summed E-state index contributed by atoms with van der Waals surface area (Å²) in [6, 6.07) is 3.40. The third kappa shape index (κ3) is 4.18. The van der Waals surface area contributed by atoms with Crippen LogP contribution in [0, 0.1) is 0 Å². The van der Waals surface area contributed by atoms with Gasteiger partial charge in [0.2, 0.25) is 0 Å². The molecule has 4 heteroatoms. The number of rotatable bonds is 7. The van der Waals surface area contributed by atoms with Crippen LogP contribution < -0.4 is 10.2 Å². The SMILES string of the molecule is CCCN(c1ncc(Br)cc1CNC1CC1)C(C)C. The van der Waals surface area contributed by atoms with Crippen LogP contribution in [-0.2, 0) is 6.54 Å². The zero-order valence-corrected chi connectivity index (χ0v) is 13.7. The van der Waals surface area contributed by atoms with Crippen molar-refractivity contribution in [1.82, 2.24) is 10.3 Å². The van der Waals surface area contributed by atoms with Crippen molar-refractivity contribution >= 4 is 21.7 Å². The van der Waals surface area contributed by atoms with Gasteiger partial charge < -0.3 is 10.2 Å². The van der Waals surface area contributed by atoms with E-state index in [9.17, 15) is 0 Å². The minimum absolute atomic E-state index is 0.480. The van der Waals surface area contributed by atoms with Crippen LogP contribution in [0.15, 0.2) is 16.7 Å². The Kier molecular flexibility index (Phi) is 5.22. The third-order valence-electron chi connectivity index (χ3n) is 3.43. The fourth-order valence-electron chi connectivity index (χ4n) is 2.25. The highest BCUT2D eigenvalue weighted by Crippen LogP contribution is 2.25. The molecule has 1 saturated carbocycles. The number of hydrogen-bond donors (Lipinski definition) is 1. The summed E-state index contributed by atoms with van der Waals surface area (Å²) in [6.07, 6.45) is 5.69.